The zero-order valence-electron chi connectivity index (χ0n) is 12.6. The van der Waals surface area contributed by atoms with E-state index in [9.17, 15) is 4.79 Å². The monoisotopic (exact) mass is 276 g/mol. The molecule has 4 heteroatoms. The molecule has 1 aliphatic heterocycles. The van der Waals surface area contributed by atoms with E-state index in [1.54, 1.807) is 7.11 Å². The first-order chi connectivity index (χ1) is 9.60. The number of fused-ring (bicyclic) bond motifs is 1. The van der Waals surface area contributed by atoms with Crippen molar-refractivity contribution < 1.29 is 9.53 Å². The molecule has 1 aliphatic rings. The van der Waals surface area contributed by atoms with Crippen LogP contribution in [0.1, 0.15) is 32.3 Å². The Morgan fingerprint density at radius 2 is 2.25 bits per heavy atom. The number of nitrogens with zero attached hydrogens (tertiary/aromatic N) is 1. The minimum absolute atomic E-state index is 0.00444. The molecule has 20 heavy (non-hydrogen) atoms. The van der Waals surface area contributed by atoms with E-state index in [0.29, 0.717) is 0 Å². The Hall–Kier alpha value is -1.55. The normalized spacial score (nSPS) is 17.3. The molecule has 2 rings (SSSR count). The molecule has 0 unspecified atom stereocenters. The lowest BCUT2D eigenvalue weighted by molar-refractivity contribution is -0.121. The third-order valence-corrected chi connectivity index (χ3v) is 4.21. The van der Waals surface area contributed by atoms with E-state index in [1.165, 1.54) is 5.56 Å². The van der Waals surface area contributed by atoms with Crippen molar-refractivity contribution in [2.45, 2.75) is 39.2 Å². The van der Waals surface area contributed by atoms with Crippen molar-refractivity contribution in [2.75, 3.05) is 18.6 Å². The predicted octanol–water partition coefficient (Wildman–Crippen LogP) is 2.35. The van der Waals surface area contributed by atoms with Gasteiger partial charge in [-0.1, -0.05) is 32.4 Å². The van der Waals surface area contributed by atoms with E-state index >= 15 is 0 Å². The first-order valence-electron chi connectivity index (χ1n) is 7.33. The van der Waals surface area contributed by atoms with Crippen LogP contribution in [0.25, 0.3) is 0 Å². The molecule has 0 saturated carbocycles. The van der Waals surface area contributed by atoms with Crippen molar-refractivity contribution in [1.29, 1.82) is 0 Å². The standard InChI is InChI=1S/C16H24N2O2/c1-4-11(2)14(17)16(19)18-10-6-8-12-7-5-9-13(20-3)15(12)18/h5,7,9,11,14H,4,6,8,10,17H2,1-3H3/t11-,14-/m0/s1. The highest BCUT2D eigenvalue weighted by Gasteiger charge is 2.30. The van der Waals surface area contributed by atoms with Crippen LogP contribution in [0.5, 0.6) is 5.75 Å². The second-order valence-corrected chi connectivity index (χ2v) is 5.47. The lowest BCUT2D eigenvalue weighted by atomic mass is 9.95. The van der Waals surface area contributed by atoms with Gasteiger partial charge in [-0.15, -0.1) is 0 Å². The molecule has 0 aliphatic carbocycles. The summed E-state index contributed by atoms with van der Waals surface area (Å²) >= 11 is 0. The highest BCUT2D eigenvalue weighted by atomic mass is 16.5. The summed E-state index contributed by atoms with van der Waals surface area (Å²) in [4.78, 5) is 14.5. The van der Waals surface area contributed by atoms with Gasteiger partial charge in [0.15, 0.2) is 0 Å². The molecule has 2 atom stereocenters. The number of aryl methyl sites for hydroxylation is 1. The van der Waals surface area contributed by atoms with Gasteiger partial charge >= 0.3 is 0 Å². The Morgan fingerprint density at radius 3 is 2.90 bits per heavy atom. The second-order valence-electron chi connectivity index (χ2n) is 5.47. The molecule has 110 valence electrons. The summed E-state index contributed by atoms with van der Waals surface area (Å²) in [5, 5.41) is 0. The molecule has 0 spiro atoms. The number of hydrogen-bond acceptors (Lipinski definition) is 3. The van der Waals surface area contributed by atoms with Gasteiger partial charge in [-0.25, -0.2) is 0 Å². The molecule has 1 aromatic carbocycles. The number of ether oxygens (including phenoxy) is 1. The zero-order valence-corrected chi connectivity index (χ0v) is 12.6. The largest absolute Gasteiger partial charge is 0.495 e. The first kappa shape index (κ1) is 14.9. The van der Waals surface area contributed by atoms with Crippen molar-refractivity contribution in [3.8, 4) is 5.75 Å². The SMILES string of the molecule is CC[C@H](C)[C@H](N)C(=O)N1CCCc2cccc(OC)c21. The minimum Gasteiger partial charge on any atom is -0.495 e. The summed E-state index contributed by atoms with van der Waals surface area (Å²) in [6, 6.07) is 5.49. The minimum atomic E-state index is -0.448. The van der Waals surface area contributed by atoms with Crippen molar-refractivity contribution in [3.63, 3.8) is 0 Å². The lowest BCUT2D eigenvalue weighted by Gasteiger charge is -2.33. The number of nitrogens with two attached hydrogens (primary N) is 1. The van der Waals surface area contributed by atoms with Gasteiger partial charge in [0.2, 0.25) is 5.91 Å². The molecule has 2 N–H and O–H groups in total. The number of carbonyl (C=O) groups is 1. The predicted molar refractivity (Wildman–Crippen MR) is 81.1 cm³/mol. The van der Waals surface area contributed by atoms with Crippen LogP contribution in [-0.4, -0.2) is 25.6 Å². The fourth-order valence-electron chi connectivity index (χ4n) is 2.68. The van der Waals surface area contributed by atoms with Crippen molar-refractivity contribution in [3.05, 3.63) is 23.8 Å². The maximum Gasteiger partial charge on any atom is 0.244 e. The molecule has 0 fully saturated rings. The number of para-hydroxylation sites is 1. The molecular formula is C16H24N2O2. The fourth-order valence-corrected chi connectivity index (χ4v) is 2.68. The van der Waals surface area contributed by atoms with E-state index in [4.69, 9.17) is 10.5 Å². The van der Waals surface area contributed by atoms with E-state index in [-0.39, 0.29) is 11.8 Å². The van der Waals surface area contributed by atoms with Crippen LogP contribution in [0.4, 0.5) is 5.69 Å². The Morgan fingerprint density at radius 1 is 1.50 bits per heavy atom. The molecule has 4 nitrogen and oxygen atoms in total. The number of rotatable bonds is 4. The topological polar surface area (TPSA) is 55.6 Å². The Labute approximate surface area is 120 Å². The average Bonchev–Trinajstić information content (AvgIpc) is 2.51. The van der Waals surface area contributed by atoms with Gasteiger partial charge in [0, 0.05) is 6.54 Å². The molecule has 0 bridgehead atoms. The molecule has 0 radical (unpaired) electrons. The van der Waals surface area contributed by atoms with Crippen molar-refractivity contribution >= 4 is 11.6 Å². The van der Waals surface area contributed by atoms with Crippen LogP contribution in [0.2, 0.25) is 0 Å². The van der Waals surface area contributed by atoms with Gasteiger partial charge in [0.05, 0.1) is 18.8 Å². The van der Waals surface area contributed by atoms with Crippen molar-refractivity contribution in [2.24, 2.45) is 11.7 Å². The molecular weight excluding hydrogens is 252 g/mol. The molecule has 1 heterocycles. The molecule has 0 saturated heterocycles. The van der Waals surface area contributed by atoms with Crippen LogP contribution in [0.3, 0.4) is 0 Å². The maximum absolute atomic E-state index is 12.7. The highest BCUT2D eigenvalue weighted by Crippen LogP contribution is 2.36. The van der Waals surface area contributed by atoms with E-state index < -0.39 is 6.04 Å². The van der Waals surface area contributed by atoms with Crippen LogP contribution in [-0.2, 0) is 11.2 Å². The maximum atomic E-state index is 12.7. The van der Waals surface area contributed by atoms with Gasteiger partial charge < -0.3 is 15.4 Å². The smallest absolute Gasteiger partial charge is 0.244 e. The summed E-state index contributed by atoms with van der Waals surface area (Å²) in [6.45, 7) is 4.80. The number of amides is 1. The highest BCUT2D eigenvalue weighted by molar-refractivity contribution is 5.99. The van der Waals surface area contributed by atoms with E-state index in [1.807, 2.05) is 24.0 Å². The van der Waals surface area contributed by atoms with Gasteiger partial charge in [0.1, 0.15) is 5.75 Å². The summed E-state index contributed by atoms with van der Waals surface area (Å²) in [5.41, 5.74) is 8.19. The lowest BCUT2D eigenvalue weighted by Crippen LogP contribution is -2.49. The van der Waals surface area contributed by atoms with E-state index in [0.717, 1.165) is 37.2 Å². The van der Waals surface area contributed by atoms with E-state index in [2.05, 4.69) is 13.0 Å². The summed E-state index contributed by atoms with van der Waals surface area (Å²) in [6.07, 6.45) is 2.85. The van der Waals surface area contributed by atoms with Crippen molar-refractivity contribution in [1.82, 2.24) is 0 Å². The van der Waals surface area contributed by atoms with Crippen LogP contribution >= 0.6 is 0 Å². The zero-order chi connectivity index (χ0) is 14.7. The fraction of sp³-hybridized carbons (Fsp3) is 0.562. The summed E-state index contributed by atoms with van der Waals surface area (Å²) < 4.78 is 5.42. The first-order valence-corrected chi connectivity index (χ1v) is 7.33. The van der Waals surface area contributed by atoms with Gasteiger partial charge in [-0.2, -0.15) is 0 Å². The van der Waals surface area contributed by atoms with Gasteiger partial charge in [-0.3, -0.25) is 4.79 Å². The Balaban J connectivity index is 2.34. The quantitative estimate of drug-likeness (QED) is 0.918. The third kappa shape index (κ3) is 2.66. The number of hydrogen-bond donors (Lipinski definition) is 1. The average molecular weight is 276 g/mol. The number of benzene rings is 1. The molecule has 0 aromatic heterocycles. The summed E-state index contributed by atoms with van der Waals surface area (Å²) in [5.74, 6) is 0.944. The number of methoxy groups -OCH3 is 1. The second kappa shape index (κ2) is 6.27. The Bertz CT molecular complexity index is 473. The molecule has 1 aromatic rings. The third-order valence-electron chi connectivity index (χ3n) is 4.21. The summed E-state index contributed by atoms with van der Waals surface area (Å²) in [7, 11) is 1.64. The van der Waals surface area contributed by atoms with Crippen LogP contribution < -0.4 is 15.4 Å². The van der Waals surface area contributed by atoms with Gasteiger partial charge in [-0.05, 0) is 30.4 Å². The Kier molecular flexibility index (Phi) is 4.65. The van der Waals surface area contributed by atoms with Gasteiger partial charge in [0.25, 0.3) is 0 Å². The molecule has 1 amide bonds. The van der Waals surface area contributed by atoms with Crippen LogP contribution in [0, 0.1) is 5.92 Å². The number of carbonyl (C=O) groups excluding carboxylic acids is 1. The van der Waals surface area contributed by atoms with Crippen LogP contribution in [0.15, 0.2) is 18.2 Å². The number of anilines is 1.